The minimum absolute atomic E-state index is 0.0653. The maximum Gasteiger partial charge on any atom is 0.260 e. The van der Waals surface area contributed by atoms with Crippen molar-refractivity contribution in [2.75, 3.05) is 5.32 Å². The van der Waals surface area contributed by atoms with Gasteiger partial charge < -0.3 is 10.4 Å². The summed E-state index contributed by atoms with van der Waals surface area (Å²) in [5, 5.41) is 12.3. The summed E-state index contributed by atoms with van der Waals surface area (Å²) in [6.07, 6.45) is 6.46. The van der Waals surface area contributed by atoms with Crippen molar-refractivity contribution in [2.24, 2.45) is 11.8 Å². The van der Waals surface area contributed by atoms with E-state index in [9.17, 15) is 19.5 Å². The molecule has 7 heteroatoms. The molecular formula is C22H23N3O4. The summed E-state index contributed by atoms with van der Waals surface area (Å²) in [7, 11) is 0. The first kappa shape index (κ1) is 19.1. The van der Waals surface area contributed by atoms with Gasteiger partial charge in [-0.05, 0) is 61.1 Å². The number of hydrogen-bond acceptors (Lipinski definition) is 5. The van der Waals surface area contributed by atoms with Gasteiger partial charge >= 0.3 is 0 Å². The molecule has 1 aliphatic heterocycles. The van der Waals surface area contributed by atoms with Crippen LogP contribution in [0.25, 0.3) is 0 Å². The zero-order valence-corrected chi connectivity index (χ0v) is 16.0. The molecule has 3 amide bonds. The van der Waals surface area contributed by atoms with Crippen molar-refractivity contribution >= 4 is 23.4 Å². The average Bonchev–Trinajstić information content (AvgIpc) is 3.05. The number of nitrogens with one attached hydrogen (secondary N) is 1. The molecule has 0 bridgehead atoms. The first-order chi connectivity index (χ1) is 14.0. The molecule has 4 rings (SSSR count). The van der Waals surface area contributed by atoms with E-state index in [4.69, 9.17) is 0 Å². The molecule has 3 unspecified atom stereocenters. The second kappa shape index (κ2) is 8.03. The van der Waals surface area contributed by atoms with E-state index in [-0.39, 0.29) is 47.8 Å². The Morgan fingerprint density at radius 3 is 2.55 bits per heavy atom. The SMILES string of the molecule is O=C(CC1CCCC2CC(=O)N(C(=O)c3ccc(O)cc3)C12)Nc1ccncc1. The highest BCUT2D eigenvalue weighted by atomic mass is 16.3. The maximum absolute atomic E-state index is 13.1. The molecule has 3 atom stereocenters. The van der Waals surface area contributed by atoms with E-state index in [1.807, 2.05) is 0 Å². The number of benzene rings is 1. The van der Waals surface area contributed by atoms with Crippen molar-refractivity contribution in [3.8, 4) is 5.75 Å². The molecule has 1 aromatic carbocycles. The summed E-state index contributed by atoms with van der Waals surface area (Å²) in [4.78, 5) is 43.6. The van der Waals surface area contributed by atoms with E-state index in [0.717, 1.165) is 19.3 Å². The van der Waals surface area contributed by atoms with Crippen LogP contribution in [-0.2, 0) is 9.59 Å². The number of carbonyl (C=O) groups is 3. The van der Waals surface area contributed by atoms with Crippen molar-refractivity contribution < 1.29 is 19.5 Å². The van der Waals surface area contributed by atoms with Crippen LogP contribution in [-0.4, -0.2) is 38.8 Å². The molecule has 0 spiro atoms. The number of nitrogens with zero attached hydrogens (tertiary/aromatic N) is 2. The highest BCUT2D eigenvalue weighted by molar-refractivity contribution is 6.06. The van der Waals surface area contributed by atoms with Gasteiger partial charge in [0.2, 0.25) is 11.8 Å². The fourth-order valence-corrected chi connectivity index (χ4v) is 4.60. The lowest BCUT2D eigenvalue weighted by Crippen LogP contribution is -2.47. The number of anilines is 1. The molecule has 1 saturated heterocycles. The standard InChI is InChI=1S/C22H23N3O4/c26-18-6-4-14(5-7-18)22(29)25-20(28)13-16-3-1-2-15(21(16)25)12-19(27)24-17-8-10-23-11-9-17/h4-11,15-16,21,26H,1-3,12-13H2,(H,23,24,27). The number of carbonyl (C=O) groups excluding carboxylic acids is 3. The Morgan fingerprint density at radius 1 is 1.10 bits per heavy atom. The van der Waals surface area contributed by atoms with Gasteiger partial charge in [0.15, 0.2) is 0 Å². The lowest BCUT2D eigenvalue weighted by molar-refractivity contribution is -0.127. The summed E-state index contributed by atoms with van der Waals surface area (Å²) in [6.45, 7) is 0. The number of hydrogen-bond donors (Lipinski definition) is 2. The van der Waals surface area contributed by atoms with E-state index in [1.165, 1.54) is 29.2 Å². The highest BCUT2D eigenvalue weighted by Crippen LogP contribution is 2.42. The normalized spacial score (nSPS) is 23.5. The zero-order valence-electron chi connectivity index (χ0n) is 16.0. The van der Waals surface area contributed by atoms with Crippen LogP contribution < -0.4 is 5.32 Å². The van der Waals surface area contributed by atoms with Gasteiger partial charge in [-0.2, -0.15) is 0 Å². The average molecular weight is 393 g/mol. The highest BCUT2D eigenvalue weighted by Gasteiger charge is 2.48. The van der Waals surface area contributed by atoms with E-state index in [1.54, 1.807) is 24.5 Å². The molecule has 0 radical (unpaired) electrons. The maximum atomic E-state index is 13.1. The summed E-state index contributed by atoms with van der Waals surface area (Å²) in [6, 6.07) is 9.10. The van der Waals surface area contributed by atoms with E-state index in [2.05, 4.69) is 10.3 Å². The molecule has 7 nitrogen and oxygen atoms in total. The Balaban J connectivity index is 1.52. The number of rotatable bonds is 4. The van der Waals surface area contributed by atoms with E-state index < -0.39 is 0 Å². The number of amides is 3. The second-order valence-electron chi connectivity index (χ2n) is 7.75. The van der Waals surface area contributed by atoms with E-state index in [0.29, 0.717) is 17.7 Å². The van der Waals surface area contributed by atoms with Gasteiger partial charge in [0.1, 0.15) is 5.75 Å². The number of imide groups is 1. The first-order valence-electron chi connectivity index (χ1n) is 9.88. The molecule has 150 valence electrons. The number of fused-ring (bicyclic) bond motifs is 1. The lowest BCUT2D eigenvalue weighted by Gasteiger charge is -2.37. The Labute approximate surface area is 168 Å². The van der Waals surface area contributed by atoms with Crippen LogP contribution >= 0.6 is 0 Å². The van der Waals surface area contributed by atoms with Gasteiger partial charge in [0.05, 0.1) is 0 Å². The van der Waals surface area contributed by atoms with Crippen LogP contribution in [0.3, 0.4) is 0 Å². The third kappa shape index (κ3) is 3.99. The molecule has 2 aliphatic rings. The number of likely N-dealkylation sites (tertiary alicyclic amines) is 1. The molecular weight excluding hydrogens is 370 g/mol. The lowest BCUT2D eigenvalue weighted by atomic mass is 9.75. The molecule has 1 aromatic heterocycles. The Morgan fingerprint density at radius 2 is 1.83 bits per heavy atom. The quantitative estimate of drug-likeness (QED) is 0.778. The fraction of sp³-hybridized carbons (Fsp3) is 0.364. The summed E-state index contributed by atoms with van der Waals surface area (Å²) < 4.78 is 0. The Hall–Kier alpha value is -3.22. The van der Waals surface area contributed by atoms with Crippen molar-refractivity contribution in [1.82, 2.24) is 9.88 Å². The molecule has 2 heterocycles. The third-order valence-corrected chi connectivity index (χ3v) is 5.86. The minimum atomic E-state index is -0.357. The third-order valence-electron chi connectivity index (χ3n) is 5.86. The Kier molecular flexibility index (Phi) is 5.29. The van der Waals surface area contributed by atoms with Crippen LogP contribution in [0.2, 0.25) is 0 Å². The molecule has 2 N–H and O–H groups in total. The van der Waals surface area contributed by atoms with Gasteiger partial charge in [-0.3, -0.25) is 24.3 Å². The monoisotopic (exact) mass is 393 g/mol. The molecule has 1 aliphatic carbocycles. The number of phenolic OH excluding ortho intramolecular Hbond substituents is 1. The molecule has 2 aromatic rings. The number of phenols is 1. The smallest absolute Gasteiger partial charge is 0.260 e. The second-order valence-corrected chi connectivity index (χ2v) is 7.75. The van der Waals surface area contributed by atoms with Gasteiger partial charge in [-0.25, -0.2) is 0 Å². The van der Waals surface area contributed by atoms with Gasteiger partial charge in [0.25, 0.3) is 5.91 Å². The van der Waals surface area contributed by atoms with Crippen LogP contribution in [0.15, 0.2) is 48.8 Å². The van der Waals surface area contributed by atoms with Gasteiger partial charge in [-0.15, -0.1) is 0 Å². The number of aromatic nitrogens is 1. The minimum Gasteiger partial charge on any atom is -0.508 e. The van der Waals surface area contributed by atoms with Crippen molar-refractivity contribution in [1.29, 1.82) is 0 Å². The summed E-state index contributed by atoms with van der Waals surface area (Å²) in [5.41, 5.74) is 1.04. The molecule has 29 heavy (non-hydrogen) atoms. The van der Waals surface area contributed by atoms with Crippen molar-refractivity contribution in [2.45, 2.75) is 38.1 Å². The predicted molar refractivity (Wildman–Crippen MR) is 106 cm³/mol. The molecule has 1 saturated carbocycles. The number of pyridine rings is 1. The fourth-order valence-electron chi connectivity index (χ4n) is 4.60. The van der Waals surface area contributed by atoms with Crippen LogP contribution in [0, 0.1) is 11.8 Å². The van der Waals surface area contributed by atoms with Crippen molar-refractivity contribution in [3.63, 3.8) is 0 Å². The topological polar surface area (TPSA) is 99.6 Å². The van der Waals surface area contributed by atoms with Gasteiger partial charge in [-0.1, -0.05) is 6.42 Å². The first-order valence-corrected chi connectivity index (χ1v) is 9.88. The largest absolute Gasteiger partial charge is 0.508 e. The predicted octanol–water partition coefficient (Wildman–Crippen LogP) is 2.97. The van der Waals surface area contributed by atoms with E-state index >= 15 is 0 Å². The zero-order chi connectivity index (χ0) is 20.4. The summed E-state index contributed by atoms with van der Waals surface area (Å²) in [5.74, 6) is -0.573. The molecule has 2 fully saturated rings. The Bertz CT molecular complexity index is 913. The van der Waals surface area contributed by atoms with Crippen molar-refractivity contribution in [3.05, 3.63) is 54.4 Å². The van der Waals surface area contributed by atoms with Gasteiger partial charge in [0, 0.05) is 42.5 Å². The van der Waals surface area contributed by atoms with Crippen LogP contribution in [0.1, 0.15) is 42.5 Å². The van der Waals surface area contributed by atoms with Crippen LogP contribution in [0.5, 0.6) is 5.75 Å². The number of aromatic hydroxyl groups is 1. The van der Waals surface area contributed by atoms with Crippen LogP contribution in [0.4, 0.5) is 5.69 Å². The summed E-state index contributed by atoms with van der Waals surface area (Å²) >= 11 is 0.